The van der Waals surface area contributed by atoms with Crippen LogP contribution in [0.4, 0.5) is 0 Å². The number of hydrogen-bond donors (Lipinski definition) is 1. The summed E-state index contributed by atoms with van der Waals surface area (Å²) in [5.74, 6) is 0. The average molecular weight is 286 g/mol. The Morgan fingerprint density at radius 3 is 2.81 bits per heavy atom. The van der Waals surface area contributed by atoms with Crippen molar-refractivity contribution in [1.82, 2.24) is 10.2 Å². The molecule has 4 rings (SSSR count). The molecule has 1 aliphatic heterocycles. The molecule has 0 bridgehead atoms. The van der Waals surface area contributed by atoms with Crippen molar-refractivity contribution < 1.29 is 4.74 Å². The molecular formula is C18H26N2O. The van der Waals surface area contributed by atoms with E-state index in [9.17, 15) is 0 Å². The molecule has 0 amide bonds. The van der Waals surface area contributed by atoms with E-state index in [0.717, 1.165) is 32.3 Å². The van der Waals surface area contributed by atoms with Crippen molar-refractivity contribution in [2.75, 3.05) is 13.2 Å². The largest absolute Gasteiger partial charge is 0.375 e. The lowest BCUT2D eigenvalue weighted by Crippen LogP contribution is -2.48. The minimum absolute atomic E-state index is 0.496. The van der Waals surface area contributed by atoms with Gasteiger partial charge in [-0.15, -0.1) is 0 Å². The minimum Gasteiger partial charge on any atom is -0.375 e. The van der Waals surface area contributed by atoms with Gasteiger partial charge in [0.25, 0.3) is 0 Å². The molecule has 1 N–H and O–H groups in total. The predicted molar refractivity (Wildman–Crippen MR) is 84.1 cm³/mol. The van der Waals surface area contributed by atoms with E-state index >= 15 is 0 Å². The maximum Gasteiger partial charge on any atom is 0.0731 e. The zero-order chi connectivity index (χ0) is 14.1. The monoisotopic (exact) mass is 286 g/mol. The Kier molecular flexibility index (Phi) is 3.97. The van der Waals surface area contributed by atoms with Crippen LogP contribution in [0.25, 0.3) is 0 Å². The zero-order valence-corrected chi connectivity index (χ0v) is 12.8. The maximum absolute atomic E-state index is 5.93. The van der Waals surface area contributed by atoms with Crippen molar-refractivity contribution in [2.24, 2.45) is 0 Å². The number of morpholine rings is 1. The topological polar surface area (TPSA) is 24.5 Å². The Bertz CT molecular complexity index is 486. The van der Waals surface area contributed by atoms with Gasteiger partial charge in [-0.25, -0.2) is 0 Å². The Morgan fingerprint density at radius 1 is 1.10 bits per heavy atom. The van der Waals surface area contributed by atoms with Crippen LogP contribution in [0.5, 0.6) is 0 Å². The molecule has 1 aromatic carbocycles. The summed E-state index contributed by atoms with van der Waals surface area (Å²) < 4.78 is 5.93. The molecule has 0 spiro atoms. The van der Waals surface area contributed by atoms with E-state index in [4.69, 9.17) is 4.74 Å². The van der Waals surface area contributed by atoms with Crippen LogP contribution in [-0.4, -0.2) is 36.2 Å². The van der Waals surface area contributed by atoms with Gasteiger partial charge in [0.1, 0.15) is 0 Å². The van der Waals surface area contributed by atoms with Gasteiger partial charge in [-0.3, -0.25) is 4.90 Å². The summed E-state index contributed by atoms with van der Waals surface area (Å²) in [4.78, 5) is 2.66. The van der Waals surface area contributed by atoms with Crippen molar-refractivity contribution in [3.05, 3.63) is 35.4 Å². The van der Waals surface area contributed by atoms with Gasteiger partial charge in [-0.05, 0) is 43.2 Å². The van der Waals surface area contributed by atoms with Crippen LogP contribution in [0.2, 0.25) is 0 Å². The lowest BCUT2D eigenvalue weighted by molar-refractivity contribution is -0.0589. The third-order valence-corrected chi connectivity index (χ3v) is 5.25. The van der Waals surface area contributed by atoms with Crippen molar-refractivity contribution in [2.45, 2.75) is 63.4 Å². The van der Waals surface area contributed by atoms with Gasteiger partial charge in [-0.1, -0.05) is 24.3 Å². The fraction of sp³-hybridized carbons (Fsp3) is 0.667. The highest BCUT2D eigenvalue weighted by molar-refractivity contribution is 5.27. The summed E-state index contributed by atoms with van der Waals surface area (Å²) in [5, 5.41) is 3.65. The number of rotatable bonds is 5. The van der Waals surface area contributed by atoms with Crippen LogP contribution >= 0.6 is 0 Å². The lowest BCUT2D eigenvalue weighted by Gasteiger charge is -2.38. The van der Waals surface area contributed by atoms with Gasteiger partial charge in [0.2, 0.25) is 0 Å². The van der Waals surface area contributed by atoms with Crippen molar-refractivity contribution in [1.29, 1.82) is 0 Å². The summed E-state index contributed by atoms with van der Waals surface area (Å²) in [7, 11) is 0. The number of hydrogen-bond acceptors (Lipinski definition) is 3. The molecule has 3 aliphatic rings. The fourth-order valence-corrected chi connectivity index (χ4v) is 3.85. The van der Waals surface area contributed by atoms with Crippen LogP contribution in [0.15, 0.2) is 24.3 Å². The second-order valence-electron chi connectivity index (χ2n) is 6.80. The van der Waals surface area contributed by atoms with Gasteiger partial charge in [0.15, 0.2) is 0 Å². The number of nitrogens with zero attached hydrogens (tertiary/aromatic N) is 1. The molecule has 2 unspecified atom stereocenters. The molecule has 2 aliphatic carbocycles. The molecule has 3 fully saturated rings. The number of benzene rings is 1. The molecule has 21 heavy (non-hydrogen) atoms. The molecular weight excluding hydrogens is 260 g/mol. The Labute approximate surface area is 127 Å². The van der Waals surface area contributed by atoms with Crippen molar-refractivity contribution in [3.8, 4) is 0 Å². The van der Waals surface area contributed by atoms with Gasteiger partial charge in [-0.2, -0.15) is 0 Å². The molecule has 3 nitrogen and oxygen atoms in total. The number of nitrogens with one attached hydrogen (secondary N) is 1. The molecule has 0 radical (unpaired) electrons. The molecule has 0 aromatic heterocycles. The van der Waals surface area contributed by atoms with Gasteiger partial charge >= 0.3 is 0 Å². The van der Waals surface area contributed by atoms with E-state index in [1.54, 1.807) is 0 Å². The summed E-state index contributed by atoms with van der Waals surface area (Å²) >= 11 is 0. The van der Waals surface area contributed by atoms with Crippen molar-refractivity contribution in [3.63, 3.8) is 0 Å². The van der Waals surface area contributed by atoms with Gasteiger partial charge in [0.05, 0.1) is 12.7 Å². The second-order valence-corrected chi connectivity index (χ2v) is 6.80. The van der Waals surface area contributed by atoms with Crippen LogP contribution in [-0.2, 0) is 17.8 Å². The van der Waals surface area contributed by atoms with E-state index in [1.165, 1.54) is 43.2 Å². The standard InChI is InChI=1S/C18H26N2O/c1-2-5-15(14(4-1)12-19-16-8-9-16)13-20-10-11-21-18-7-3-6-17(18)20/h1-2,4-5,16-19H,3,6-13H2. The minimum atomic E-state index is 0.496. The molecule has 3 heteroatoms. The SMILES string of the molecule is c1ccc(CN2CCOC3CCCC32)c(CNC2CC2)c1. The molecule has 2 saturated carbocycles. The van der Waals surface area contributed by atoms with Crippen LogP contribution in [0.1, 0.15) is 43.2 Å². The maximum atomic E-state index is 5.93. The molecule has 1 saturated heterocycles. The van der Waals surface area contributed by atoms with Crippen LogP contribution in [0, 0.1) is 0 Å². The average Bonchev–Trinajstić information content (AvgIpc) is 3.21. The fourth-order valence-electron chi connectivity index (χ4n) is 3.85. The summed E-state index contributed by atoms with van der Waals surface area (Å²) in [6.07, 6.45) is 7.11. The van der Waals surface area contributed by atoms with E-state index in [1.807, 2.05) is 0 Å². The molecule has 114 valence electrons. The third-order valence-electron chi connectivity index (χ3n) is 5.25. The number of fused-ring (bicyclic) bond motifs is 1. The highest BCUT2D eigenvalue weighted by atomic mass is 16.5. The first-order valence-corrected chi connectivity index (χ1v) is 8.56. The van der Waals surface area contributed by atoms with E-state index < -0.39 is 0 Å². The Hall–Kier alpha value is -0.900. The quantitative estimate of drug-likeness (QED) is 0.900. The third kappa shape index (κ3) is 3.15. The first-order valence-electron chi connectivity index (χ1n) is 8.56. The second kappa shape index (κ2) is 6.07. The number of ether oxygens (including phenoxy) is 1. The summed E-state index contributed by atoms with van der Waals surface area (Å²) in [6, 6.07) is 10.4. The molecule has 1 aromatic rings. The predicted octanol–water partition coefficient (Wildman–Crippen LogP) is 2.69. The van der Waals surface area contributed by atoms with Crippen LogP contribution in [0.3, 0.4) is 0 Å². The molecule has 1 heterocycles. The van der Waals surface area contributed by atoms with Crippen LogP contribution < -0.4 is 5.32 Å². The first-order chi connectivity index (χ1) is 10.4. The highest BCUT2D eigenvalue weighted by Gasteiger charge is 2.36. The van der Waals surface area contributed by atoms with Gasteiger partial charge < -0.3 is 10.1 Å². The lowest BCUT2D eigenvalue weighted by atomic mass is 10.0. The smallest absolute Gasteiger partial charge is 0.0731 e. The van der Waals surface area contributed by atoms with Crippen molar-refractivity contribution >= 4 is 0 Å². The first kappa shape index (κ1) is 13.7. The van der Waals surface area contributed by atoms with E-state index in [2.05, 4.69) is 34.5 Å². The normalized spacial score (nSPS) is 29.5. The zero-order valence-electron chi connectivity index (χ0n) is 12.8. The Balaban J connectivity index is 1.45. The van der Waals surface area contributed by atoms with E-state index in [-0.39, 0.29) is 0 Å². The van der Waals surface area contributed by atoms with Gasteiger partial charge in [0, 0.05) is 31.7 Å². The van der Waals surface area contributed by atoms with E-state index in [0.29, 0.717) is 12.1 Å². The highest BCUT2D eigenvalue weighted by Crippen LogP contribution is 2.31. The molecule has 2 atom stereocenters. The summed E-state index contributed by atoms with van der Waals surface area (Å²) in [6.45, 7) is 4.11. The Morgan fingerprint density at radius 2 is 1.95 bits per heavy atom. The summed E-state index contributed by atoms with van der Waals surface area (Å²) in [5.41, 5.74) is 2.98.